The van der Waals surface area contributed by atoms with Gasteiger partial charge in [0.05, 0.1) is 16.2 Å². The number of hydrogen-bond donors (Lipinski definition) is 1. The summed E-state index contributed by atoms with van der Waals surface area (Å²) in [7, 11) is 0. The summed E-state index contributed by atoms with van der Waals surface area (Å²) in [6.45, 7) is 3.18. The van der Waals surface area contributed by atoms with Gasteiger partial charge in [0.15, 0.2) is 0 Å². The third kappa shape index (κ3) is 2.70. The van der Waals surface area contributed by atoms with Gasteiger partial charge in [0.2, 0.25) is 0 Å². The predicted molar refractivity (Wildman–Crippen MR) is 49.2 cm³/mol. The van der Waals surface area contributed by atoms with Gasteiger partial charge >= 0.3 is 0 Å². The van der Waals surface area contributed by atoms with Crippen LogP contribution in [0, 0.1) is 6.92 Å². The summed E-state index contributed by atoms with van der Waals surface area (Å²) in [5.41, 5.74) is 4.59. The van der Waals surface area contributed by atoms with Crippen molar-refractivity contribution < 1.29 is 8.78 Å². The third-order valence-corrected chi connectivity index (χ3v) is 2.55. The van der Waals surface area contributed by atoms with Crippen LogP contribution in [0.5, 0.6) is 0 Å². The highest BCUT2D eigenvalue weighted by Gasteiger charge is 2.31. The molecule has 1 unspecified atom stereocenters. The van der Waals surface area contributed by atoms with E-state index in [1.807, 2.05) is 6.92 Å². The van der Waals surface area contributed by atoms with Crippen LogP contribution in [0.4, 0.5) is 8.78 Å². The fourth-order valence-electron chi connectivity index (χ4n) is 0.957. The van der Waals surface area contributed by atoms with E-state index in [9.17, 15) is 8.78 Å². The highest BCUT2D eigenvalue weighted by atomic mass is 32.1. The van der Waals surface area contributed by atoms with Gasteiger partial charge in [-0.3, -0.25) is 0 Å². The number of aromatic nitrogens is 1. The van der Waals surface area contributed by atoms with Crippen LogP contribution >= 0.6 is 11.3 Å². The van der Waals surface area contributed by atoms with Crippen molar-refractivity contribution in [3.8, 4) is 0 Å². The van der Waals surface area contributed by atoms with Crippen LogP contribution in [0.1, 0.15) is 17.6 Å². The molecule has 1 heterocycles. The second-order valence-corrected chi connectivity index (χ2v) is 4.40. The predicted octanol–water partition coefficient (Wildman–Crippen LogP) is 1.98. The van der Waals surface area contributed by atoms with Gasteiger partial charge in [0.25, 0.3) is 6.43 Å². The van der Waals surface area contributed by atoms with E-state index in [2.05, 4.69) is 4.98 Å². The number of alkyl halides is 2. The molecule has 1 atom stereocenters. The lowest BCUT2D eigenvalue weighted by Crippen LogP contribution is -2.45. The number of aryl methyl sites for hydroxylation is 1. The molecule has 0 aliphatic heterocycles. The van der Waals surface area contributed by atoms with Gasteiger partial charge < -0.3 is 5.73 Å². The van der Waals surface area contributed by atoms with Crippen molar-refractivity contribution in [1.82, 2.24) is 4.98 Å². The van der Waals surface area contributed by atoms with Crippen LogP contribution in [0.3, 0.4) is 0 Å². The quantitative estimate of drug-likeness (QED) is 0.821. The molecule has 2 nitrogen and oxygen atoms in total. The molecule has 13 heavy (non-hydrogen) atoms. The Morgan fingerprint density at radius 1 is 1.69 bits per heavy atom. The summed E-state index contributed by atoms with van der Waals surface area (Å²) in [5, 5.41) is 2.64. The fraction of sp³-hybridized carbons (Fsp3) is 0.625. The molecule has 0 radical (unpaired) electrons. The number of nitrogens with zero attached hydrogens (tertiary/aromatic N) is 1. The Balaban J connectivity index is 2.68. The first-order valence-electron chi connectivity index (χ1n) is 3.90. The van der Waals surface area contributed by atoms with Crippen LogP contribution < -0.4 is 5.73 Å². The van der Waals surface area contributed by atoms with Crippen LogP contribution in [0.2, 0.25) is 0 Å². The van der Waals surface area contributed by atoms with E-state index in [-0.39, 0.29) is 6.42 Å². The zero-order chi connectivity index (χ0) is 10.1. The van der Waals surface area contributed by atoms with Gasteiger partial charge in [-0.05, 0) is 13.8 Å². The lowest BCUT2D eigenvalue weighted by atomic mass is 9.98. The molecule has 0 bridgehead atoms. The average molecular weight is 206 g/mol. The Morgan fingerprint density at radius 3 is 2.69 bits per heavy atom. The van der Waals surface area contributed by atoms with Crippen molar-refractivity contribution in [2.75, 3.05) is 0 Å². The fourth-order valence-corrected chi connectivity index (χ4v) is 1.57. The van der Waals surface area contributed by atoms with E-state index in [1.54, 1.807) is 5.38 Å². The standard InChI is InChI=1S/C8H12F2N2S/c1-5-12-6(4-13-5)3-8(2,11)7(9)10/h4,7H,3,11H2,1-2H3. The number of hydrogen-bond acceptors (Lipinski definition) is 3. The summed E-state index contributed by atoms with van der Waals surface area (Å²) in [5.74, 6) is 0. The number of nitrogens with two attached hydrogens (primary N) is 1. The van der Waals surface area contributed by atoms with Crippen molar-refractivity contribution >= 4 is 11.3 Å². The van der Waals surface area contributed by atoms with Crippen molar-refractivity contribution in [3.63, 3.8) is 0 Å². The minimum Gasteiger partial charge on any atom is -0.320 e. The lowest BCUT2D eigenvalue weighted by Gasteiger charge is -2.21. The monoisotopic (exact) mass is 206 g/mol. The SMILES string of the molecule is Cc1nc(CC(C)(N)C(F)F)cs1. The second-order valence-electron chi connectivity index (χ2n) is 3.34. The molecule has 0 aromatic carbocycles. The molecule has 0 spiro atoms. The Morgan fingerprint density at radius 2 is 2.31 bits per heavy atom. The number of halogens is 2. The first-order chi connectivity index (χ1) is 5.92. The molecular formula is C8H12F2N2S. The van der Waals surface area contributed by atoms with E-state index in [1.165, 1.54) is 18.3 Å². The Hall–Kier alpha value is -0.550. The molecule has 0 aliphatic rings. The normalized spacial score (nSPS) is 16.2. The molecule has 0 aliphatic carbocycles. The van der Waals surface area contributed by atoms with Crippen molar-refractivity contribution in [2.45, 2.75) is 32.2 Å². The zero-order valence-electron chi connectivity index (χ0n) is 7.55. The van der Waals surface area contributed by atoms with Crippen molar-refractivity contribution in [3.05, 3.63) is 16.1 Å². The Labute approximate surface area is 79.8 Å². The van der Waals surface area contributed by atoms with E-state index in [0.717, 1.165) is 5.01 Å². The molecule has 74 valence electrons. The van der Waals surface area contributed by atoms with Gasteiger partial charge in [0.1, 0.15) is 0 Å². The van der Waals surface area contributed by atoms with E-state index in [4.69, 9.17) is 5.73 Å². The van der Waals surface area contributed by atoms with Gasteiger partial charge in [0, 0.05) is 11.8 Å². The molecule has 5 heteroatoms. The molecule has 1 aromatic rings. The number of thiazole rings is 1. The zero-order valence-corrected chi connectivity index (χ0v) is 8.37. The highest BCUT2D eigenvalue weighted by molar-refractivity contribution is 7.09. The highest BCUT2D eigenvalue weighted by Crippen LogP contribution is 2.19. The van der Waals surface area contributed by atoms with Crippen molar-refractivity contribution in [1.29, 1.82) is 0 Å². The van der Waals surface area contributed by atoms with Crippen LogP contribution in [0.25, 0.3) is 0 Å². The Kier molecular flexibility index (Phi) is 2.98. The van der Waals surface area contributed by atoms with Crippen LogP contribution in [-0.2, 0) is 6.42 Å². The van der Waals surface area contributed by atoms with Gasteiger partial charge in [-0.25, -0.2) is 13.8 Å². The molecule has 0 amide bonds. The van der Waals surface area contributed by atoms with E-state index < -0.39 is 12.0 Å². The van der Waals surface area contributed by atoms with Crippen molar-refractivity contribution in [2.24, 2.45) is 5.73 Å². The van der Waals surface area contributed by atoms with Crippen LogP contribution in [0.15, 0.2) is 5.38 Å². The Bertz CT molecular complexity index is 283. The van der Waals surface area contributed by atoms with Gasteiger partial charge in [-0.1, -0.05) is 0 Å². The topological polar surface area (TPSA) is 38.9 Å². The largest absolute Gasteiger partial charge is 0.320 e. The maximum atomic E-state index is 12.4. The summed E-state index contributed by atoms with van der Waals surface area (Å²) in [6, 6.07) is 0. The molecule has 0 fully saturated rings. The summed E-state index contributed by atoms with van der Waals surface area (Å²) in [4.78, 5) is 4.08. The smallest absolute Gasteiger partial charge is 0.256 e. The van der Waals surface area contributed by atoms with Gasteiger partial charge in [-0.15, -0.1) is 11.3 Å². The molecule has 2 N–H and O–H groups in total. The third-order valence-electron chi connectivity index (χ3n) is 1.73. The van der Waals surface area contributed by atoms with Crippen LogP contribution in [-0.4, -0.2) is 16.9 Å². The minimum atomic E-state index is -2.52. The lowest BCUT2D eigenvalue weighted by molar-refractivity contribution is 0.0635. The maximum Gasteiger partial charge on any atom is 0.256 e. The first-order valence-corrected chi connectivity index (χ1v) is 4.78. The van der Waals surface area contributed by atoms with E-state index in [0.29, 0.717) is 5.69 Å². The molecule has 1 rings (SSSR count). The summed E-state index contributed by atoms with van der Waals surface area (Å²) < 4.78 is 24.7. The molecule has 0 saturated heterocycles. The summed E-state index contributed by atoms with van der Waals surface area (Å²) >= 11 is 1.45. The van der Waals surface area contributed by atoms with Gasteiger partial charge in [-0.2, -0.15) is 0 Å². The first kappa shape index (κ1) is 10.5. The average Bonchev–Trinajstić information content (AvgIpc) is 2.34. The molecule has 0 saturated carbocycles. The molecular weight excluding hydrogens is 194 g/mol. The van der Waals surface area contributed by atoms with E-state index >= 15 is 0 Å². The molecule has 1 aromatic heterocycles. The second kappa shape index (κ2) is 3.67. The maximum absolute atomic E-state index is 12.4. The number of rotatable bonds is 3. The minimum absolute atomic E-state index is 0.120. The summed E-state index contributed by atoms with van der Waals surface area (Å²) in [6.07, 6.45) is -2.40.